The van der Waals surface area contributed by atoms with Gasteiger partial charge in [-0.25, -0.2) is 0 Å². The molecule has 1 aromatic carbocycles. The SMILES string of the molecule is COc1cc(OC)c(NC(=O)CN2CCNCC2)cc1Cl.Cl.Cl. The van der Waals surface area contributed by atoms with E-state index in [4.69, 9.17) is 21.1 Å². The van der Waals surface area contributed by atoms with Gasteiger partial charge in [0.1, 0.15) is 11.5 Å². The van der Waals surface area contributed by atoms with Crippen LogP contribution in [0.2, 0.25) is 5.02 Å². The number of piperazine rings is 1. The molecular formula is C14H22Cl3N3O3. The number of carbonyl (C=O) groups is 1. The second-order valence-corrected chi connectivity index (χ2v) is 5.17. The Morgan fingerprint density at radius 3 is 2.39 bits per heavy atom. The minimum absolute atomic E-state index is 0. The van der Waals surface area contributed by atoms with Gasteiger partial charge in [0.2, 0.25) is 5.91 Å². The van der Waals surface area contributed by atoms with Gasteiger partial charge in [0.15, 0.2) is 0 Å². The van der Waals surface area contributed by atoms with E-state index in [1.165, 1.54) is 14.2 Å². The second-order valence-electron chi connectivity index (χ2n) is 4.76. The molecule has 2 N–H and O–H groups in total. The smallest absolute Gasteiger partial charge is 0.238 e. The molecule has 6 nitrogen and oxygen atoms in total. The van der Waals surface area contributed by atoms with E-state index in [2.05, 4.69) is 15.5 Å². The summed E-state index contributed by atoms with van der Waals surface area (Å²) in [6.07, 6.45) is 0. The molecule has 0 bridgehead atoms. The molecule has 1 aliphatic heterocycles. The molecule has 0 aliphatic carbocycles. The van der Waals surface area contributed by atoms with Gasteiger partial charge in [-0.05, 0) is 6.07 Å². The summed E-state index contributed by atoms with van der Waals surface area (Å²) in [5.74, 6) is 0.940. The van der Waals surface area contributed by atoms with Crippen molar-refractivity contribution in [3.05, 3.63) is 17.2 Å². The molecule has 0 aromatic heterocycles. The summed E-state index contributed by atoms with van der Waals surface area (Å²) in [5.41, 5.74) is 0.545. The molecule has 23 heavy (non-hydrogen) atoms. The molecule has 0 saturated carbocycles. The molecule has 1 saturated heterocycles. The van der Waals surface area contributed by atoms with Crippen molar-refractivity contribution in [2.75, 3.05) is 52.3 Å². The van der Waals surface area contributed by atoms with Crippen LogP contribution in [0.4, 0.5) is 5.69 Å². The average Bonchev–Trinajstić information content (AvgIpc) is 2.48. The first-order chi connectivity index (χ1) is 10.1. The molecule has 0 atom stereocenters. The van der Waals surface area contributed by atoms with Crippen LogP contribution in [0.15, 0.2) is 12.1 Å². The molecular weight excluding hydrogens is 365 g/mol. The number of hydrogen-bond donors (Lipinski definition) is 2. The fraction of sp³-hybridized carbons (Fsp3) is 0.500. The Kier molecular flexibility index (Phi) is 10.3. The number of rotatable bonds is 5. The third kappa shape index (κ3) is 6.24. The van der Waals surface area contributed by atoms with E-state index in [-0.39, 0.29) is 30.7 Å². The predicted octanol–water partition coefficient (Wildman–Crippen LogP) is 2.04. The molecule has 1 heterocycles. The van der Waals surface area contributed by atoms with Crippen LogP contribution < -0.4 is 20.1 Å². The maximum absolute atomic E-state index is 12.1. The maximum atomic E-state index is 12.1. The Hall–Kier alpha value is -0.920. The zero-order valence-corrected chi connectivity index (χ0v) is 15.4. The van der Waals surface area contributed by atoms with Crippen molar-refractivity contribution in [1.29, 1.82) is 0 Å². The number of hydrogen-bond acceptors (Lipinski definition) is 5. The Labute approximate surface area is 153 Å². The summed E-state index contributed by atoms with van der Waals surface area (Å²) in [5, 5.41) is 6.51. The minimum Gasteiger partial charge on any atom is -0.495 e. The minimum atomic E-state index is -0.0866. The van der Waals surface area contributed by atoms with Crippen LogP contribution in [0, 0.1) is 0 Å². The highest BCUT2D eigenvalue weighted by Crippen LogP contribution is 2.35. The number of carbonyl (C=O) groups excluding carboxylic acids is 1. The Morgan fingerprint density at radius 2 is 1.83 bits per heavy atom. The van der Waals surface area contributed by atoms with Crippen LogP contribution in [0.1, 0.15) is 0 Å². The third-order valence-electron chi connectivity index (χ3n) is 3.32. The number of halogens is 3. The summed E-state index contributed by atoms with van der Waals surface area (Å²) < 4.78 is 10.4. The van der Waals surface area contributed by atoms with Crippen molar-refractivity contribution in [2.24, 2.45) is 0 Å². The lowest BCUT2D eigenvalue weighted by atomic mass is 10.2. The third-order valence-corrected chi connectivity index (χ3v) is 3.62. The molecule has 0 unspecified atom stereocenters. The van der Waals surface area contributed by atoms with Crippen LogP contribution in [-0.2, 0) is 4.79 Å². The van der Waals surface area contributed by atoms with Crippen molar-refractivity contribution in [3.63, 3.8) is 0 Å². The van der Waals surface area contributed by atoms with E-state index in [9.17, 15) is 4.79 Å². The van der Waals surface area contributed by atoms with Crippen LogP contribution >= 0.6 is 36.4 Å². The van der Waals surface area contributed by atoms with E-state index < -0.39 is 0 Å². The fourth-order valence-electron chi connectivity index (χ4n) is 2.22. The zero-order valence-electron chi connectivity index (χ0n) is 13.1. The number of benzene rings is 1. The van der Waals surface area contributed by atoms with E-state index in [0.29, 0.717) is 28.8 Å². The standard InChI is InChI=1S/C14H20ClN3O3.2ClH/c1-20-12-8-13(21-2)11(7-10(12)15)17-14(19)9-18-5-3-16-4-6-18;;/h7-8,16H,3-6,9H2,1-2H3,(H,17,19);2*1H. The van der Waals surface area contributed by atoms with Crippen molar-refractivity contribution in [1.82, 2.24) is 10.2 Å². The van der Waals surface area contributed by atoms with Crippen LogP contribution in [0.3, 0.4) is 0 Å². The predicted molar refractivity (Wildman–Crippen MR) is 97.0 cm³/mol. The summed E-state index contributed by atoms with van der Waals surface area (Å²) in [6, 6.07) is 3.29. The Bertz CT molecular complexity index is 512. The molecule has 1 aromatic rings. The lowest BCUT2D eigenvalue weighted by Gasteiger charge is -2.26. The second kappa shape index (κ2) is 10.8. The molecule has 1 aliphatic rings. The number of nitrogens with one attached hydrogen (secondary N) is 2. The summed E-state index contributed by atoms with van der Waals surface area (Å²) >= 11 is 6.08. The monoisotopic (exact) mass is 385 g/mol. The van der Waals surface area contributed by atoms with Crippen molar-refractivity contribution < 1.29 is 14.3 Å². The van der Waals surface area contributed by atoms with Gasteiger partial charge < -0.3 is 20.1 Å². The molecule has 2 rings (SSSR count). The molecule has 0 radical (unpaired) electrons. The van der Waals surface area contributed by atoms with Crippen LogP contribution in [0.25, 0.3) is 0 Å². The number of anilines is 1. The highest BCUT2D eigenvalue weighted by Gasteiger charge is 2.16. The van der Waals surface area contributed by atoms with Gasteiger partial charge in [-0.15, -0.1) is 24.8 Å². The largest absolute Gasteiger partial charge is 0.495 e. The molecule has 1 amide bonds. The first kappa shape index (κ1) is 22.1. The first-order valence-corrected chi connectivity index (χ1v) is 7.16. The fourth-order valence-corrected chi connectivity index (χ4v) is 2.46. The molecule has 132 valence electrons. The average molecular weight is 387 g/mol. The van der Waals surface area contributed by atoms with E-state index in [1.54, 1.807) is 12.1 Å². The van der Waals surface area contributed by atoms with Gasteiger partial charge in [0.05, 0.1) is 31.5 Å². The number of ether oxygens (including phenoxy) is 2. The molecule has 0 spiro atoms. The molecule has 9 heteroatoms. The van der Waals surface area contributed by atoms with Gasteiger partial charge in [-0.2, -0.15) is 0 Å². The highest BCUT2D eigenvalue weighted by molar-refractivity contribution is 6.32. The first-order valence-electron chi connectivity index (χ1n) is 6.78. The highest BCUT2D eigenvalue weighted by atomic mass is 35.5. The van der Waals surface area contributed by atoms with Gasteiger partial charge in [-0.1, -0.05) is 11.6 Å². The zero-order chi connectivity index (χ0) is 15.2. The van der Waals surface area contributed by atoms with Gasteiger partial charge in [0.25, 0.3) is 0 Å². The lowest BCUT2D eigenvalue weighted by Crippen LogP contribution is -2.46. The van der Waals surface area contributed by atoms with Gasteiger partial charge in [-0.3, -0.25) is 9.69 Å². The van der Waals surface area contributed by atoms with E-state index in [0.717, 1.165) is 26.2 Å². The van der Waals surface area contributed by atoms with Crippen molar-refractivity contribution in [2.45, 2.75) is 0 Å². The van der Waals surface area contributed by atoms with Crippen LogP contribution in [0.5, 0.6) is 11.5 Å². The van der Waals surface area contributed by atoms with E-state index >= 15 is 0 Å². The Morgan fingerprint density at radius 1 is 1.22 bits per heavy atom. The number of nitrogens with zero attached hydrogens (tertiary/aromatic N) is 1. The van der Waals surface area contributed by atoms with E-state index in [1.807, 2.05) is 0 Å². The molecule has 1 fully saturated rings. The quantitative estimate of drug-likeness (QED) is 0.811. The summed E-state index contributed by atoms with van der Waals surface area (Å²) in [6.45, 7) is 3.91. The normalized spacial score (nSPS) is 14.2. The lowest BCUT2D eigenvalue weighted by molar-refractivity contribution is -0.117. The van der Waals surface area contributed by atoms with Crippen molar-refractivity contribution >= 4 is 48.0 Å². The number of methoxy groups -OCH3 is 2. The van der Waals surface area contributed by atoms with Gasteiger partial charge in [0, 0.05) is 32.2 Å². The summed E-state index contributed by atoms with van der Waals surface area (Å²) in [4.78, 5) is 14.2. The maximum Gasteiger partial charge on any atom is 0.238 e. The van der Waals surface area contributed by atoms with Gasteiger partial charge >= 0.3 is 0 Å². The number of amides is 1. The van der Waals surface area contributed by atoms with Crippen molar-refractivity contribution in [3.8, 4) is 11.5 Å². The van der Waals surface area contributed by atoms with Crippen LogP contribution in [-0.4, -0.2) is 57.8 Å². The summed E-state index contributed by atoms with van der Waals surface area (Å²) in [7, 11) is 3.07. The topological polar surface area (TPSA) is 62.8 Å². The Balaban J connectivity index is 0.00000242.